The first kappa shape index (κ1) is 8.87. The topological polar surface area (TPSA) is 58.6 Å². The zero-order valence-electron chi connectivity index (χ0n) is 7.95. The van der Waals surface area contributed by atoms with Gasteiger partial charge in [0.15, 0.2) is 0 Å². The molecule has 1 N–H and O–H groups in total. The van der Waals surface area contributed by atoms with Crippen LogP contribution < -0.4 is 5.56 Å². The second-order valence-corrected chi connectivity index (χ2v) is 3.19. The number of fused-ring (bicyclic) bond motifs is 1. The molecule has 0 radical (unpaired) electrons. The number of nitrogens with zero attached hydrogens (tertiary/aromatic N) is 2. The second-order valence-electron chi connectivity index (χ2n) is 3.19. The molecule has 0 atom stereocenters. The normalized spacial score (nSPS) is 10.6. The summed E-state index contributed by atoms with van der Waals surface area (Å²) in [4.78, 5) is 15.3. The van der Waals surface area contributed by atoms with E-state index in [4.69, 9.17) is 0 Å². The quantitative estimate of drug-likeness (QED) is 0.773. The van der Waals surface area contributed by atoms with Gasteiger partial charge in [-0.25, -0.2) is 5.10 Å². The molecule has 72 valence electrons. The lowest BCUT2D eigenvalue weighted by molar-refractivity contribution is 0.887. The van der Waals surface area contributed by atoms with E-state index in [2.05, 4.69) is 22.1 Å². The first-order chi connectivity index (χ1) is 6.79. The molecule has 2 aromatic rings. The largest absolute Gasteiger partial charge is 0.268 e. The zero-order valence-corrected chi connectivity index (χ0v) is 7.95. The number of aromatic nitrogens is 3. The highest BCUT2D eigenvalue weighted by atomic mass is 16.1. The highest BCUT2D eigenvalue weighted by Gasteiger charge is 1.99. The minimum absolute atomic E-state index is 0.210. The van der Waals surface area contributed by atoms with Crippen LogP contribution >= 0.6 is 0 Å². The van der Waals surface area contributed by atoms with Gasteiger partial charge in [0, 0.05) is 11.8 Å². The predicted molar refractivity (Wildman–Crippen MR) is 54.2 cm³/mol. The number of pyridine rings is 1. The standard InChI is InChI=1S/C10H11N3O/c1-2-3-7-4-5-8-9(11-7)6-10(14)13-12-8/h4-6H,2-3H2,1H3,(H,13,14). The molecule has 0 amide bonds. The molecule has 0 bridgehead atoms. The Morgan fingerprint density at radius 2 is 2.21 bits per heavy atom. The maximum atomic E-state index is 11.0. The zero-order chi connectivity index (χ0) is 9.97. The van der Waals surface area contributed by atoms with Gasteiger partial charge in [-0.15, -0.1) is 0 Å². The molecule has 2 rings (SSSR count). The molecule has 4 nitrogen and oxygen atoms in total. The Kier molecular flexibility index (Phi) is 2.26. The summed E-state index contributed by atoms with van der Waals surface area (Å²) in [6.07, 6.45) is 1.98. The van der Waals surface area contributed by atoms with Crippen molar-refractivity contribution in [2.45, 2.75) is 19.8 Å². The van der Waals surface area contributed by atoms with Gasteiger partial charge in [-0.05, 0) is 18.6 Å². The van der Waals surface area contributed by atoms with Crippen LogP contribution in [0.5, 0.6) is 0 Å². The van der Waals surface area contributed by atoms with Crippen LogP contribution in [-0.2, 0) is 6.42 Å². The maximum Gasteiger partial charge on any atom is 0.266 e. The van der Waals surface area contributed by atoms with E-state index in [1.54, 1.807) is 0 Å². The summed E-state index contributed by atoms with van der Waals surface area (Å²) in [6.45, 7) is 2.10. The Hall–Kier alpha value is -1.71. The summed E-state index contributed by atoms with van der Waals surface area (Å²) < 4.78 is 0. The Balaban J connectivity index is 2.58. The number of rotatable bonds is 2. The van der Waals surface area contributed by atoms with Crippen molar-refractivity contribution in [2.24, 2.45) is 0 Å². The lowest BCUT2D eigenvalue weighted by Gasteiger charge is -1.99. The lowest BCUT2D eigenvalue weighted by Crippen LogP contribution is -2.06. The van der Waals surface area contributed by atoms with E-state index < -0.39 is 0 Å². The van der Waals surface area contributed by atoms with Gasteiger partial charge in [0.25, 0.3) is 5.56 Å². The Bertz CT molecular complexity index is 504. The Morgan fingerprint density at radius 1 is 1.36 bits per heavy atom. The molecule has 14 heavy (non-hydrogen) atoms. The Morgan fingerprint density at radius 3 is 3.00 bits per heavy atom. The van der Waals surface area contributed by atoms with E-state index >= 15 is 0 Å². The fourth-order valence-electron chi connectivity index (χ4n) is 1.38. The number of H-pyrrole nitrogens is 1. The number of aromatic amines is 1. The average molecular weight is 189 g/mol. The van der Waals surface area contributed by atoms with Crippen LogP contribution in [0.1, 0.15) is 19.0 Å². The third-order valence-electron chi connectivity index (χ3n) is 2.02. The summed E-state index contributed by atoms with van der Waals surface area (Å²) in [7, 11) is 0. The van der Waals surface area contributed by atoms with Gasteiger partial charge in [0.1, 0.15) is 5.52 Å². The molecule has 2 aromatic heterocycles. The van der Waals surface area contributed by atoms with E-state index in [0.717, 1.165) is 24.1 Å². The molecular formula is C10H11N3O. The van der Waals surface area contributed by atoms with Gasteiger partial charge < -0.3 is 0 Å². The fourth-order valence-corrected chi connectivity index (χ4v) is 1.38. The Labute approximate surface area is 81.0 Å². The highest BCUT2D eigenvalue weighted by Crippen LogP contribution is 2.07. The number of hydrogen-bond donors (Lipinski definition) is 1. The van der Waals surface area contributed by atoms with Gasteiger partial charge in [-0.2, -0.15) is 5.10 Å². The van der Waals surface area contributed by atoms with E-state index in [9.17, 15) is 4.79 Å². The van der Waals surface area contributed by atoms with Crippen LogP contribution in [-0.4, -0.2) is 15.2 Å². The molecule has 0 fully saturated rings. The lowest BCUT2D eigenvalue weighted by atomic mass is 10.2. The molecule has 0 spiro atoms. The van der Waals surface area contributed by atoms with Gasteiger partial charge >= 0.3 is 0 Å². The smallest absolute Gasteiger partial charge is 0.266 e. The summed E-state index contributed by atoms with van der Waals surface area (Å²) in [5.74, 6) is 0. The fraction of sp³-hybridized carbons (Fsp3) is 0.300. The highest BCUT2D eigenvalue weighted by molar-refractivity contribution is 5.72. The SMILES string of the molecule is CCCc1ccc2n[nH]c(=O)cc2n1. The van der Waals surface area contributed by atoms with Gasteiger partial charge in [0.05, 0.1) is 5.52 Å². The maximum absolute atomic E-state index is 11.0. The van der Waals surface area contributed by atoms with Crippen molar-refractivity contribution in [2.75, 3.05) is 0 Å². The first-order valence-electron chi connectivity index (χ1n) is 4.65. The third kappa shape index (κ3) is 1.64. The molecule has 0 saturated heterocycles. The van der Waals surface area contributed by atoms with E-state index in [1.165, 1.54) is 6.07 Å². The monoisotopic (exact) mass is 189 g/mol. The molecule has 0 aliphatic rings. The number of hydrogen-bond acceptors (Lipinski definition) is 3. The first-order valence-corrected chi connectivity index (χ1v) is 4.65. The second kappa shape index (κ2) is 3.57. The van der Waals surface area contributed by atoms with Crippen LogP contribution in [0, 0.1) is 0 Å². The van der Waals surface area contributed by atoms with Crippen molar-refractivity contribution >= 4 is 11.0 Å². The van der Waals surface area contributed by atoms with Crippen molar-refractivity contribution in [3.63, 3.8) is 0 Å². The minimum Gasteiger partial charge on any atom is -0.268 e. The van der Waals surface area contributed by atoms with Gasteiger partial charge in [0.2, 0.25) is 0 Å². The number of nitrogens with one attached hydrogen (secondary N) is 1. The van der Waals surface area contributed by atoms with Crippen molar-refractivity contribution in [3.8, 4) is 0 Å². The van der Waals surface area contributed by atoms with E-state index in [-0.39, 0.29) is 5.56 Å². The van der Waals surface area contributed by atoms with Crippen LogP contribution in [0.3, 0.4) is 0 Å². The summed E-state index contributed by atoms with van der Waals surface area (Å²) in [5, 5.41) is 6.26. The summed E-state index contributed by atoms with van der Waals surface area (Å²) in [5.41, 5.74) is 2.19. The van der Waals surface area contributed by atoms with Crippen molar-refractivity contribution in [3.05, 3.63) is 34.2 Å². The molecule has 0 aromatic carbocycles. The van der Waals surface area contributed by atoms with Crippen LogP contribution in [0.25, 0.3) is 11.0 Å². The van der Waals surface area contributed by atoms with Gasteiger partial charge in [-0.3, -0.25) is 9.78 Å². The number of aryl methyl sites for hydroxylation is 1. The molecule has 0 aliphatic carbocycles. The minimum atomic E-state index is -0.210. The molecule has 0 unspecified atom stereocenters. The summed E-state index contributed by atoms with van der Waals surface area (Å²) in [6, 6.07) is 5.29. The van der Waals surface area contributed by atoms with Crippen LogP contribution in [0.15, 0.2) is 23.0 Å². The molecule has 0 aliphatic heterocycles. The van der Waals surface area contributed by atoms with Crippen LogP contribution in [0.2, 0.25) is 0 Å². The van der Waals surface area contributed by atoms with Gasteiger partial charge in [-0.1, -0.05) is 13.3 Å². The molecular weight excluding hydrogens is 178 g/mol. The molecule has 0 saturated carbocycles. The average Bonchev–Trinajstić information content (AvgIpc) is 2.17. The van der Waals surface area contributed by atoms with E-state index in [1.807, 2.05) is 12.1 Å². The van der Waals surface area contributed by atoms with Crippen LogP contribution in [0.4, 0.5) is 0 Å². The molecule has 2 heterocycles. The molecule has 4 heteroatoms. The van der Waals surface area contributed by atoms with Crippen molar-refractivity contribution in [1.82, 2.24) is 15.2 Å². The van der Waals surface area contributed by atoms with Crippen molar-refractivity contribution in [1.29, 1.82) is 0 Å². The summed E-state index contributed by atoms with van der Waals surface area (Å²) >= 11 is 0. The third-order valence-corrected chi connectivity index (χ3v) is 2.02. The van der Waals surface area contributed by atoms with E-state index in [0.29, 0.717) is 5.52 Å². The predicted octanol–water partition coefficient (Wildman–Crippen LogP) is 1.27. The van der Waals surface area contributed by atoms with Crippen molar-refractivity contribution < 1.29 is 0 Å².